The minimum Gasteiger partial charge on any atom is -0.383 e. The van der Waals surface area contributed by atoms with Crippen LogP contribution in [0.2, 0.25) is 0 Å². The van der Waals surface area contributed by atoms with Crippen molar-refractivity contribution in [1.29, 1.82) is 0 Å². The quantitative estimate of drug-likeness (QED) is 0.693. The molecule has 6 nitrogen and oxygen atoms in total. The van der Waals surface area contributed by atoms with Crippen molar-refractivity contribution in [2.24, 2.45) is 5.73 Å². The molecule has 0 aliphatic heterocycles. The zero-order chi connectivity index (χ0) is 14.8. The Bertz CT molecular complexity index is 404. The summed E-state index contributed by atoms with van der Waals surface area (Å²) in [6, 6.07) is 3.70. The second kappa shape index (κ2) is 9.28. The van der Waals surface area contributed by atoms with Gasteiger partial charge < -0.3 is 20.7 Å². The van der Waals surface area contributed by atoms with Gasteiger partial charge in [0, 0.05) is 38.6 Å². The highest BCUT2D eigenvalue weighted by atomic mass is 16.5. The Hall–Kier alpha value is -1.66. The van der Waals surface area contributed by atoms with E-state index in [0.29, 0.717) is 25.4 Å². The molecule has 1 amide bonds. The number of ether oxygens (including phenoxy) is 1. The van der Waals surface area contributed by atoms with Crippen molar-refractivity contribution in [1.82, 2.24) is 10.3 Å². The van der Waals surface area contributed by atoms with Crippen LogP contribution in [0.15, 0.2) is 18.3 Å². The van der Waals surface area contributed by atoms with Crippen LogP contribution < -0.4 is 16.0 Å². The number of nitrogens with two attached hydrogens (primary N) is 1. The average molecular weight is 280 g/mol. The number of rotatable bonds is 9. The molecule has 0 aromatic carbocycles. The second-order valence-corrected chi connectivity index (χ2v) is 4.38. The molecule has 0 atom stereocenters. The third kappa shape index (κ3) is 5.14. The normalized spacial score (nSPS) is 10.3. The first-order chi connectivity index (χ1) is 9.72. The van der Waals surface area contributed by atoms with Gasteiger partial charge in [0.05, 0.1) is 6.61 Å². The minimum atomic E-state index is -0.153. The van der Waals surface area contributed by atoms with Crippen LogP contribution in [0.25, 0.3) is 0 Å². The molecule has 112 valence electrons. The molecular weight excluding hydrogens is 256 g/mol. The monoisotopic (exact) mass is 280 g/mol. The predicted octanol–water partition coefficient (Wildman–Crippen LogP) is 0.633. The zero-order valence-corrected chi connectivity index (χ0v) is 12.3. The van der Waals surface area contributed by atoms with Gasteiger partial charge in [-0.2, -0.15) is 0 Å². The lowest BCUT2D eigenvalue weighted by atomic mass is 10.2. The second-order valence-electron chi connectivity index (χ2n) is 4.38. The molecule has 0 bridgehead atoms. The number of carbonyl (C=O) groups is 1. The van der Waals surface area contributed by atoms with E-state index >= 15 is 0 Å². The van der Waals surface area contributed by atoms with Crippen LogP contribution in [0, 0.1) is 0 Å². The molecule has 0 unspecified atom stereocenters. The third-order valence-corrected chi connectivity index (χ3v) is 2.88. The number of nitrogens with one attached hydrogen (secondary N) is 1. The van der Waals surface area contributed by atoms with Crippen LogP contribution in [0.1, 0.15) is 23.8 Å². The highest BCUT2D eigenvalue weighted by molar-refractivity contribution is 5.93. The minimum absolute atomic E-state index is 0.153. The van der Waals surface area contributed by atoms with Crippen molar-refractivity contribution in [2.45, 2.75) is 13.3 Å². The van der Waals surface area contributed by atoms with Crippen molar-refractivity contribution in [2.75, 3.05) is 44.8 Å². The lowest BCUT2D eigenvalue weighted by molar-refractivity contribution is 0.0951. The van der Waals surface area contributed by atoms with E-state index in [1.165, 1.54) is 0 Å². The molecule has 0 aliphatic carbocycles. The first-order valence-corrected chi connectivity index (χ1v) is 6.91. The third-order valence-electron chi connectivity index (χ3n) is 2.88. The number of nitrogens with zero attached hydrogens (tertiary/aromatic N) is 2. The van der Waals surface area contributed by atoms with Gasteiger partial charge >= 0.3 is 0 Å². The topological polar surface area (TPSA) is 80.5 Å². The number of pyridine rings is 1. The average Bonchev–Trinajstić information content (AvgIpc) is 2.48. The molecule has 0 saturated heterocycles. The van der Waals surface area contributed by atoms with Crippen LogP contribution in [-0.2, 0) is 4.74 Å². The molecule has 6 heteroatoms. The summed E-state index contributed by atoms with van der Waals surface area (Å²) < 4.78 is 5.12. The number of methoxy groups -OCH3 is 1. The molecule has 0 radical (unpaired) electrons. The Morgan fingerprint density at radius 1 is 1.50 bits per heavy atom. The van der Waals surface area contributed by atoms with Crippen molar-refractivity contribution in [3.05, 3.63) is 24.0 Å². The van der Waals surface area contributed by atoms with Gasteiger partial charge in [-0.1, -0.05) is 0 Å². The Balaban J connectivity index is 2.83. The molecule has 0 aliphatic rings. The molecule has 0 saturated carbocycles. The van der Waals surface area contributed by atoms with E-state index in [-0.39, 0.29) is 5.91 Å². The number of anilines is 1. The Labute approximate surface area is 120 Å². The van der Waals surface area contributed by atoms with E-state index in [1.54, 1.807) is 19.4 Å². The summed E-state index contributed by atoms with van der Waals surface area (Å²) in [5, 5.41) is 2.75. The molecule has 1 rings (SSSR count). The van der Waals surface area contributed by atoms with Gasteiger partial charge in [0.1, 0.15) is 5.69 Å². The highest BCUT2D eigenvalue weighted by Crippen LogP contribution is 2.15. The Kier molecular flexibility index (Phi) is 7.60. The maximum absolute atomic E-state index is 11.8. The maximum Gasteiger partial charge on any atom is 0.269 e. The number of hydrogen-bond donors (Lipinski definition) is 2. The van der Waals surface area contributed by atoms with E-state index in [2.05, 4.69) is 15.2 Å². The summed E-state index contributed by atoms with van der Waals surface area (Å²) in [6.07, 6.45) is 2.55. The van der Waals surface area contributed by atoms with Crippen molar-refractivity contribution < 1.29 is 9.53 Å². The fourth-order valence-corrected chi connectivity index (χ4v) is 1.85. The number of amides is 1. The summed E-state index contributed by atoms with van der Waals surface area (Å²) in [4.78, 5) is 18.1. The summed E-state index contributed by atoms with van der Waals surface area (Å²) >= 11 is 0. The smallest absolute Gasteiger partial charge is 0.269 e. The summed E-state index contributed by atoms with van der Waals surface area (Å²) in [6.45, 7) is 5.33. The molecule has 0 fully saturated rings. The lowest BCUT2D eigenvalue weighted by Gasteiger charge is -2.24. The van der Waals surface area contributed by atoms with Crippen LogP contribution in [-0.4, -0.2) is 50.8 Å². The van der Waals surface area contributed by atoms with Crippen molar-refractivity contribution in [3.63, 3.8) is 0 Å². The molecule has 20 heavy (non-hydrogen) atoms. The van der Waals surface area contributed by atoms with E-state index < -0.39 is 0 Å². The molecule has 1 aromatic heterocycles. The number of hydrogen-bond acceptors (Lipinski definition) is 5. The largest absolute Gasteiger partial charge is 0.383 e. The van der Waals surface area contributed by atoms with Crippen LogP contribution in [0.5, 0.6) is 0 Å². The first-order valence-electron chi connectivity index (χ1n) is 6.91. The molecule has 1 heterocycles. The fraction of sp³-hybridized carbons (Fsp3) is 0.571. The Morgan fingerprint density at radius 2 is 2.30 bits per heavy atom. The zero-order valence-electron chi connectivity index (χ0n) is 12.3. The van der Waals surface area contributed by atoms with Crippen molar-refractivity contribution in [3.8, 4) is 0 Å². The Morgan fingerprint density at radius 3 is 2.95 bits per heavy atom. The van der Waals surface area contributed by atoms with Crippen LogP contribution >= 0.6 is 0 Å². The van der Waals surface area contributed by atoms with Crippen molar-refractivity contribution >= 4 is 11.6 Å². The van der Waals surface area contributed by atoms with Gasteiger partial charge in [0.25, 0.3) is 5.91 Å². The van der Waals surface area contributed by atoms with Gasteiger partial charge in [-0.3, -0.25) is 9.78 Å². The van der Waals surface area contributed by atoms with Gasteiger partial charge in [0.2, 0.25) is 0 Å². The van der Waals surface area contributed by atoms with E-state index in [9.17, 15) is 4.79 Å². The van der Waals surface area contributed by atoms with Gasteiger partial charge in [0.15, 0.2) is 0 Å². The molecular formula is C14H24N4O2. The van der Waals surface area contributed by atoms with E-state index in [4.69, 9.17) is 10.5 Å². The fourth-order valence-electron chi connectivity index (χ4n) is 1.85. The lowest BCUT2D eigenvalue weighted by Crippen LogP contribution is -2.30. The maximum atomic E-state index is 11.8. The number of carbonyl (C=O) groups excluding carboxylic acids is 1. The van der Waals surface area contributed by atoms with Gasteiger partial charge in [-0.25, -0.2) is 0 Å². The van der Waals surface area contributed by atoms with Gasteiger partial charge in [-0.05, 0) is 32.0 Å². The SMILES string of the molecule is CCNC(=O)c1cc(N(CCCN)CCOC)ccn1. The van der Waals surface area contributed by atoms with E-state index in [0.717, 1.165) is 25.2 Å². The predicted molar refractivity (Wildman–Crippen MR) is 80.0 cm³/mol. The van der Waals surface area contributed by atoms with Gasteiger partial charge in [-0.15, -0.1) is 0 Å². The summed E-state index contributed by atoms with van der Waals surface area (Å²) in [5.74, 6) is -0.153. The highest BCUT2D eigenvalue weighted by Gasteiger charge is 2.11. The standard InChI is InChI=1S/C14H24N4O2/c1-3-16-14(19)13-11-12(5-7-17-13)18(8-4-6-15)9-10-20-2/h5,7,11H,3-4,6,8-10,15H2,1-2H3,(H,16,19). The molecule has 1 aromatic rings. The number of aromatic nitrogens is 1. The molecule has 3 N–H and O–H groups in total. The first kappa shape index (κ1) is 16.4. The summed E-state index contributed by atoms with van der Waals surface area (Å²) in [5.41, 5.74) is 6.96. The van der Waals surface area contributed by atoms with Crippen LogP contribution in [0.3, 0.4) is 0 Å². The van der Waals surface area contributed by atoms with E-state index in [1.807, 2.05) is 13.0 Å². The van der Waals surface area contributed by atoms with Crippen LogP contribution in [0.4, 0.5) is 5.69 Å². The summed E-state index contributed by atoms with van der Waals surface area (Å²) in [7, 11) is 1.67. The molecule has 0 spiro atoms.